The minimum absolute atomic E-state index is 0.0318. The van der Waals surface area contributed by atoms with Gasteiger partial charge in [0.25, 0.3) is 0 Å². The van der Waals surface area contributed by atoms with Gasteiger partial charge in [-0.2, -0.15) is 26.3 Å². The molecule has 0 bridgehead atoms. The van der Waals surface area contributed by atoms with Crippen molar-refractivity contribution >= 4 is 46.7 Å². The highest BCUT2D eigenvalue weighted by Gasteiger charge is 2.75. The second kappa shape index (κ2) is 10.4. The van der Waals surface area contributed by atoms with Crippen LogP contribution in [0.15, 0.2) is 12.1 Å². The van der Waals surface area contributed by atoms with Crippen LogP contribution in [0, 0.1) is 0 Å². The summed E-state index contributed by atoms with van der Waals surface area (Å²) in [5.74, 6) is -21.4. The summed E-state index contributed by atoms with van der Waals surface area (Å²) < 4.78 is 111. The SMILES string of the molecule is O=C(CCCC(=O)Oc1cc(Cl)cc(Cl)c1Cl)OCC(F)(F)C(F)(F)C(F)(F)C(F)F. The molecule has 0 aliphatic rings. The summed E-state index contributed by atoms with van der Waals surface area (Å²) in [4.78, 5) is 23.0. The highest BCUT2D eigenvalue weighted by atomic mass is 35.5. The fourth-order valence-corrected chi connectivity index (χ4v) is 2.49. The molecule has 31 heavy (non-hydrogen) atoms. The van der Waals surface area contributed by atoms with E-state index in [2.05, 4.69) is 4.74 Å². The predicted molar refractivity (Wildman–Crippen MR) is 92.8 cm³/mol. The molecule has 0 unspecified atom stereocenters. The molecule has 0 atom stereocenters. The topological polar surface area (TPSA) is 52.6 Å². The van der Waals surface area contributed by atoms with E-state index in [9.17, 15) is 44.7 Å². The quantitative estimate of drug-likeness (QED) is 0.153. The van der Waals surface area contributed by atoms with Gasteiger partial charge in [0.1, 0.15) is 5.02 Å². The Morgan fingerprint density at radius 3 is 2.03 bits per heavy atom. The highest BCUT2D eigenvalue weighted by molar-refractivity contribution is 6.44. The van der Waals surface area contributed by atoms with Gasteiger partial charge in [0, 0.05) is 23.9 Å². The van der Waals surface area contributed by atoms with E-state index in [4.69, 9.17) is 39.5 Å². The third-order valence-electron chi connectivity index (χ3n) is 3.51. The number of hydrogen-bond acceptors (Lipinski definition) is 4. The van der Waals surface area contributed by atoms with Crippen molar-refractivity contribution in [1.82, 2.24) is 0 Å². The number of carbonyl (C=O) groups is 2. The Labute approximate surface area is 184 Å². The summed E-state index contributed by atoms with van der Waals surface area (Å²) in [6.45, 7) is -2.58. The standard InChI is InChI=1S/C16H11Cl3F8O4/c17-7-4-8(18)12(19)9(5-7)31-11(29)3-1-2-10(28)30-6-14(22,23)16(26,27)15(24,25)13(20)21/h4-5,13H,1-3,6H2. The number of alkyl halides is 8. The van der Waals surface area contributed by atoms with E-state index < -0.39 is 62.0 Å². The number of hydrogen-bond donors (Lipinski definition) is 0. The van der Waals surface area contributed by atoms with Gasteiger partial charge in [-0.05, 0) is 12.5 Å². The average Bonchev–Trinajstić information content (AvgIpc) is 2.63. The number of ether oxygens (including phenoxy) is 2. The Balaban J connectivity index is 2.55. The molecule has 4 nitrogen and oxygen atoms in total. The third-order valence-corrected chi connectivity index (χ3v) is 4.51. The lowest BCUT2D eigenvalue weighted by Gasteiger charge is -2.31. The maximum Gasteiger partial charge on any atom is 0.381 e. The molecule has 0 aliphatic carbocycles. The molecule has 176 valence electrons. The van der Waals surface area contributed by atoms with Crippen molar-refractivity contribution in [2.75, 3.05) is 6.61 Å². The predicted octanol–water partition coefficient (Wildman–Crippen LogP) is 6.44. The van der Waals surface area contributed by atoms with Crippen LogP contribution < -0.4 is 4.74 Å². The van der Waals surface area contributed by atoms with Crippen LogP contribution in [0.2, 0.25) is 15.1 Å². The second-order valence-corrected chi connectivity index (χ2v) is 7.11. The van der Waals surface area contributed by atoms with Crippen molar-refractivity contribution in [3.63, 3.8) is 0 Å². The van der Waals surface area contributed by atoms with Gasteiger partial charge < -0.3 is 9.47 Å². The molecule has 0 saturated heterocycles. The molecule has 0 heterocycles. The maximum atomic E-state index is 13.3. The van der Waals surface area contributed by atoms with Crippen LogP contribution in [0.4, 0.5) is 35.1 Å². The molecule has 1 aromatic carbocycles. The zero-order valence-corrected chi connectivity index (χ0v) is 17.1. The zero-order chi connectivity index (χ0) is 24.2. The molecule has 1 rings (SSSR count). The van der Waals surface area contributed by atoms with Gasteiger partial charge >= 0.3 is 36.1 Å². The Morgan fingerprint density at radius 1 is 0.935 bits per heavy atom. The molecule has 1 aromatic rings. The molecular formula is C16H11Cl3F8O4. The largest absolute Gasteiger partial charge is 0.459 e. The fourth-order valence-electron chi connectivity index (χ4n) is 1.87. The lowest BCUT2D eigenvalue weighted by Crippen LogP contribution is -2.59. The number of rotatable bonds is 10. The highest BCUT2D eigenvalue weighted by Crippen LogP contribution is 2.48. The van der Waals surface area contributed by atoms with Gasteiger partial charge in [-0.3, -0.25) is 9.59 Å². The second-order valence-electron chi connectivity index (χ2n) is 5.89. The van der Waals surface area contributed by atoms with Gasteiger partial charge in [0.05, 0.1) is 5.02 Å². The van der Waals surface area contributed by atoms with Gasteiger partial charge in [0.2, 0.25) is 0 Å². The Kier molecular flexibility index (Phi) is 9.22. The number of carbonyl (C=O) groups excluding carboxylic acids is 2. The van der Waals surface area contributed by atoms with Crippen molar-refractivity contribution in [3.05, 3.63) is 27.2 Å². The van der Waals surface area contributed by atoms with Crippen molar-refractivity contribution in [3.8, 4) is 5.75 Å². The van der Waals surface area contributed by atoms with Crippen LogP contribution in [-0.2, 0) is 14.3 Å². The van der Waals surface area contributed by atoms with Crippen LogP contribution in [0.1, 0.15) is 19.3 Å². The number of benzene rings is 1. The molecule has 0 aliphatic heterocycles. The molecular weight excluding hydrogens is 515 g/mol. The van der Waals surface area contributed by atoms with Crippen LogP contribution >= 0.6 is 34.8 Å². The zero-order valence-electron chi connectivity index (χ0n) is 14.9. The fraction of sp³-hybridized carbons (Fsp3) is 0.500. The molecule has 0 N–H and O–H groups in total. The summed E-state index contributed by atoms with van der Waals surface area (Å²) in [6.07, 6.45) is -6.77. The van der Waals surface area contributed by atoms with Crippen molar-refractivity contribution in [2.45, 2.75) is 43.5 Å². The number of esters is 2. The van der Waals surface area contributed by atoms with Gasteiger partial charge in [-0.15, -0.1) is 0 Å². The Bertz CT molecular complexity index is 820. The first-order chi connectivity index (χ1) is 14.0. The van der Waals surface area contributed by atoms with Crippen molar-refractivity contribution in [1.29, 1.82) is 0 Å². The van der Waals surface area contributed by atoms with Gasteiger partial charge in [0.15, 0.2) is 12.4 Å². The van der Waals surface area contributed by atoms with E-state index >= 15 is 0 Å². The average molecular weight is 526 g/mol. The summed E-state index contributed by atoms with van der Waals surface area (Å²) in [6, 6.07) is 2.41. The van der Waals surface area contributed by atoms with E-state index in [1.807, 2.05) is 0 Å². The summed E-state index contributed by atoms with van der Waals surface area (Å²) in [7, 11) is 0. The molecule has 15 heteroatoms. The first-order valence-electron chi connectivity index (χ1n) is 7.95. The smallest absolute Gasteiger partial charge is 0.381 e. The Hall–Kier alpha value is -1.53. The van der Waals surface area contributed by atoms with Crippen LogP contribution in [-0.4, -0.2) is 42.7 Å². The van der Waals surface area contributed by atoms with Gasteiger partial charge in [-0.25, -0.2) is 8.78 Å². The molecule has 0 spiro atoms. The maximum absolute atomic E-state index is 13.3. The molecule has 0 radical (unpaired) electrons. The molecule has 0 amide bonds. The van der Waals surface area contributed by atoms with E-state index in [1.165, 1.54) is 6.07 Å². The Morgan fingerprint density at radius 2 is 1.48 bits per heavy atom. The lowest BCUT2D eigenvalue weighted by atomic mass is 10.1. The monoisotopic (exact) mass is 524 g/mol. The van der Waals surface area contributed by atoms with Crippen LogP contribution in [0.3, 0.4) is 0 Å². The minimum Gasteiger partial charge on any atom is -0.459 e. The lowest BCUT2D eigenvalue weighted by molar-refractivity contribution is -0.344. The van der Waals surface area contributed by atoms with E-state index in [0.29, 0.717) is 0 Å². The van der Waals surface area contributed by atoms with Crippen molar-refractivity contribution in [2.24, 2.45) is 0 Å². The van der Waals surface area contributed by atoms with Gasteiger partial charge in [-0.1, -0.05) is 34.8 Å². The molecule has 0 saturated carbocycles. The summed E-state index contributed by atoms with van der Waals surface area (Å²) >= 11 is 17.2. The van der Waals surface area contributed by atoms with E-state index in [-0.39, 0.29) is 20.8 Å². The minimum atomic E-state index is -6.49. The summed E-state index contributed by atoms with van der Waals surface area (Å²) in [5.41, 5.74) is 0. The third kappa shape index (κ3) is 6.72. The van der Waals surface area contributed by atoms with E-state index in [0.717, 1.165) is 6.07 Å². The summed E-state index contributed by atoms with van der Waals surface area (Å²) in [5, 5.41) is -0.103. The normalized spacial score (nSPS) is 12.8. The first kappa shape index (κ1) is 27.5. The van der Waals surface area contributed by atoms with Crippen molar-refractivity contribution < 1.29 is 54.2 Å². The van der Waals surface area contributed by atoms with E-state index in [1.54, 1.807) is 0 Å². The van der Waals surface area contributed by atoms with Crippen LogP contribution in [0.5, 0.6) is 5.75 Å². The number of halogens is 11. The molecule has 0 fully saturated rings. The van der Waals surface area contributed by atoms with Crippen LogP contribution in [0.25, 0.3) is 0 Å². The first-order valence-corrected chi connectivity index (χ1v) is 9.08. The molecule has 0 aromatic heterocycles.